The number of aromatic hydroxyl groups is 1. The van der Waals surface area contributed by atoms with Crippen LogP contribution in [0.5, 0.6) is 5.75 Å². The first-order chi connectivity index (χ1) is 6.69. The molecular formula is C11H11NO2. The molecule has 1 aromatic rings. The van der Waals surface area contributed by atoms with Crippen molar-refractivity contribution in [3.8, 4) is 18.1 Å². The zero-order valence-corrected chi connectivity index (χ0v) is 7.90. The number of phenols is 1. The highest BCUT2D eigenvalue weighted by molar-refractivity contribution is 6.05. The summed E-state index contributed by atoms with van der Waals surface area (Å²) >= 11 is 0. The third-order valence-electron chi connectivity index (χ3n) is 1.83. The Morgan fingerprint density at radius 1 is 1.64 bits per heavy atom. The van der Waals surface area contributed by atoms with Gasteiger partial charge in [0.2, 0.25) is 0 Å². The minimum absolute atomic E-state index is 0.116. The summed E-state index contributed by atoms with van der Waals surface area (Å²) in [4.78, 5) is 12.7. The van der Waals surface area contributed by atoms with Gasteiger partial charge in [-0.05, 0) is 25.0 Å². The molecule has 0 aliphatic rings. The van der Waals surface area contributed by atoms with Gasteiger partial charge in [-0.3, -0.25) is 4.79 Å². The van der Waals surface area contributed by atoms with Gasteiger partial charge >= 0.3 is 5.91 Å². The van der Waals surface area contributed by atoms with E-state index in [4.69, 9.17) is 6.42 Å². The summed E-state index contributed by atoms with van der Waals surface area (Å²) in [6, 6.07) is 6.42. The number of nitrogens with zero attached hydrogens (tertiary/aromatic N) is 1. The average molecular weight is 189 g/mol. The normalized spacial score (nSPS) is 9.14. The molecule has 1 N–H and O–H groups in total. The van der Waals surface area contributed by atoms with Crippen LogP contribution in [0.3, 0.4) is 0 Å². The van der Waals surface area contributed by atoms with Gasteiger partial charge in [0.1, 0.15) is 5.75 Å². The molecule has 0 bridgehead atoms. The fraction of sp³-hybridized carbons (Fsp3) is 0.182. The molecule has 0 aliphatic carbocycles. The summed E-state index contributed by atoms with van der Waals surface area (Å²) < 4.78 is 0. The Morgan fingerprint density at radius 3 is 2.86 bits per heavy atom. The molecule has 0 heterocycles. The molecule has 72 valence electrons. The molecular weight excluding hydrogens is 178 g/mol. The first-order valence-corrected chi connectivity index (χ1v) is 4.26. The molecule has 1 rings (SSSR count). The standard InChI is InChI=1S/C11H11NO2/c1-3-11(14)12(4-2)9-6-5-7-10(13)8-9/h1,5-8,13H,4H2,2H3. The van der Waals surface area contributed by atoms with E-state index in [9.17, 15) is 9.90 Å². The van der Waals surface area contributed by atoms with Crippen molar-refractivity contribution in [1.82, 2.24) is 0 Å². The number of phenolic OH excluding ortho intramolecular Hbond substituents is 1. The van der Waals surface area contributed by atoms with Crippen molar-refractivity contribution < 1.29 is 9.90 Å². The molecule has 0 atom stereocenters. The van der Waals surface area contributed by atoms with Gasteiger partial charge < -0.3 is 10.0 Å². The topological polar surface area (TPSA) is 40.5 Å². The van der Waals surface area contributed by atoms with Crippen molar-refractivity contribution in [3.63, 3.8) is 0 Å². The number of rotatable bonds is 2. The first kappa shape index (κ1) is 10.1. The number of carbonyl (C=O) groups is 1. The lowest BCUT2D eigenvalue weighted by Gasteiger charge is -2.17. The Bertz CT molecular complexity index is 379. The molecule has 0 radical (unpaired) electrons. The quantitative estimate of drug-likeness (QED) is 0.714. The zero-order valence-electron chi connectivity index (χ0n) is 7.90. The van der Waals surface area contributed by atoms with Crippen LogP contribution < -0.4 is 4.90 Å². The van der Waals surface area contributed by atoms with Crippen LogP contribution in [0.25, 0.3) is 0 Å². The van der Waals surface area contributed by atoms with Gasteiger partial charge in [-0.15, -0.1) is 6.42 Å². The Morgan fingerprint density at radius 2 is 2.36 bits per heavy atom. The largest absolute Gasteiger partial charge is 0.508 e. The lowest BCUT2D eigenvalue weighted by Crippen LogP contribution is -2.28. The molecule has 0 spiro atoms. The van der Waals surface area contributed by atoms with Crippen LogP contribution in [0.4, 0.5) is 5.69 Å². The number of benzene rings is 1. The highest BCUT2D eigenvalue weighted by atomic mass is 16.3. The second-order valence-electron chi connectivity index (χ2n) is 2.71. The number of anilines is 1. The molecule has 0 fully saturated rings. The van der Waals surface area contributed by atoms with Crippen molar-refractivity contribution in [3.05, 3.63) is 24.3 Å². The van der Waals surface area contributed by atoms with E-state index in [1.54, 1.807) is 12.1 Å². The van der Waals surface area contributed by atoms with Gasteiger partial charge in [-0.2, -0.15) is 0 Å². The molecule has 1 aromatic carbocycles. The molecule has 14 heavy (non-hydrogen) atoms. The van der Waals surface area contributed by atoms with Gasteiger partial charge in [0.05, 0.1) is 0 Å². The monoisotopic (exact) mass is 189 g/mol. The van der Waals surface area contributed by atoms with Gasteiger partial charge in [-0.1, -0.05) is 6.07 Å². The van der Waals surface area contributed by atoms with Crippen LogP contribution in [-0.4, -0.2) is 17.6 Å². The summed E-state index contributed by atoms with van der Waals surface area (Å²) in [5.41, 5.74) is 0.607. The van der Waals surface area contributed by atoms with Crippen molar-refractivity contribution in [2.24, 2.45) is 0 Å². The Kier molecular flexibility index (Phi) is 3.14. The summed E-state index contributed by atoms with van der Waals surface area (Å²) in [6.45, 7) is 2.30. The molecule has 0 unspecified atom stereocenters. The molecule has 0 saturated carbocycles. The van der Waals surface area contributed by atoms with Crippen LogP contribution >= 0.6 is 0 Å². The van der Waals surface area contributed by atoms with Crippen LogP contribution in [0.2, 0.25) is 0 Å². The van der Waals surface area contributed by atoms with Crippen molar-refractivity contribution in [2.75, 3.05) is 11.4 Å². The maximum atomic E-state index is 11.3. The Hall–Kier alpha value is -1.95. The van der Waals surface area contributed by atoms with Gasteiger partial charge in [0, 0.05) is 18.3 Å². The number of carbonyl (C=O) groups excluding carboxylic acids is 1. The fourth-order valence-corrected chi connectivity index (χ4v) is 1.18. The third kappa shape index (κ3) is 2.05. The van der Waals surface area contributed by atoms with Gasteiger partial charge in [0.25, 0.3) is 0 Å². The van der Waals surface area contributed by atoms with Gasteiger partial charge in [0.15, 0.2) is 0 Å². The third-order valence-corrected chi connectivity index (χ3v) is 1.83. The van der Waals surface area contributed by atoms with E-state index in [2.05, 4.69) is 0 Å². The van der Waals surface area contributed by atoms with Crippen LogP contribution in [0.1, 0.15) is 6.92 Å². The van der Waals surface area contributed by atoms with Crippen molar-refractivity contribution >= 4 is 11.6 Å². The first-order valence-electron chi connectivity index (χ1n) is 4.26. The summed E-state index contributed by atoms with van der Waals surface area (Å²) in [5.74, 6) is 1.75. The second-order valence-corrected chi connectivity index (χ2v) is 2.71. The fourth-order valence-electron chi connectivity index (χ4n) is 1.18. The molecule has 0 aromatic heterocycles. The maximum Gasteiger partial charge on any atom is 0.302 e. The van der Waals surface area contributed by atoms with E-state index < -0.39 is 5.91 Å². The lowest BCUT2D eigenvalue weighted by molar-refractivity contribution is -0.113. The predicted molar refractivity (Wildman–Crippen MR) is 55.0 cm³/mol. The number of hydrogen-bond donors (Lipinski definition) is 1. The van der Waals surface area contributed by atoms with E-state index in [1.165, 1.54) is 17.0 Å². The number of hydrogen-bond acceptors (Lipinski definition) is 2. The summed E-state index contributed by atoms with van der Waals surface area (Å²) in [7, 11) is 0. The van der Waals surface area contributed by atoms with E-state index in [0.717, 1.165) is 0 Å². The lowest BCUT2D eigenvalue weighted by atomic mass is 10.2. The molecule has 0 aliphatic heterocycles. The Balaban J connectivity index is 3.02. The maximum absolute atomic E-state index is 11.3. The van der Waals surface area contributed by atoms with Crippen LogP contribution in [0, 0.1) is 12.3 Å². The van der Waals surface area contributed by atoms with Crippen LogP contribution in [0.15, 0.2) is 24.3 Å². The summed E-state index contributed by atoms with van der Waals surface area (Å²) in [5, 5.41) is 9.22. The Labute approximate surface area is 83.0 Å². The van der Waals surface area contributed by atoms with Gasteiger partial charge in [-0.25, -0.2) is 0 Å². The molecule has 3 heteroatoms. The van der Waals surface area contributed by atoms with Crippen molar-refractivity contribution in [1.29, 1.82) is 0 Å². The predicted octanol–water partition coefficient (Wildman–Crippen LogP) is 1.38. The van der Waals surface area contributed by atoms with E-state index >= 15 is 0 Å². The highest BCUT2D eigenvalue weighted by Crippen LogP contribution is 2.19. The number of terminal acetylenes is 1. The molecule has 1 amide bonds. The average Bonchev–Trinajstić information content (AvgIpc) is 2.19. The van der Waals surface area contributed by atoms with E-state index in [1.807, 2.05) is 12.8 Å². The molecule has 0 saturated heterocycles. The van der Waals surface area contributed by atoms with E-state index in [0.29, 0.717) is 12.2 Å². The SMILES string of the molecule is C#CC(=O)N(CC)c1cccc(O)c1. The minimum Gasteiger partial charge on any atom is -0.508 e. The second kappa shape index (κ2) is 4.33. The summed E-state index contributed by atoms with van der Waals surface area (Å²) in [6.07, 6.45) is 5.02. The smallest absolute Gasteiger partial charge is 0.302 e. The van der Waals surface area contributed by atoms with E-state index in [-0.39, 0.29) is 5.75 Å². The van der Waals surface area contributed by atoms with Crippen LogP contribution in [-0.2, 0) is 4.79 Å². The van der Waals surface area contributed by atoms with Crippen molar-refractivity contribution in [2.45, 2.75) is 6.92 Å². The molecule has 3 nitrogen and oxygen atoms in total. The zero-order chi connectivity index (χ0) is 10.6. The number of amides is 1. The highest BCUT2D eigenvalue weighted by Gasteiger charge is 2.10. The minimum atomic E-state index is -0.405.